The van der Waals surface area contributed by atoms with Crippen molar-refractivity contribution in [3.05, 3.63) is 29.3 Å². The molecule has 0 atom stereocenters. The molecule has 0 radical (unpaired) electrons. The molecule has 0 aromatic heterocycles. The maximum Gasteiger partial charge on any atom is 0.387 e. The standard InChI is InChI=1S/C14H16F2O3/c1-18-13(17)11-7-6-10(9-4-2-3-5-9)8-12(11)19-14(15)16/h6-9,14H,2-5H2,1H3. The fraction of sp³-hybridized carbons (Fsp3) is 0.500. The zero-order valence-corrected chi connectivity index (χ0v) is 10.7. The molecule has 0 unspecified atom stereocenters. The summed E-state index contributed by atoms with van der Waals surface area (Å²) in [7, 11) is 1.21. The van der Waals surface area contributed by atoms with Crippen LogP contribution in [0.3, 0.4) is 0 Å². The van der Waals surface area contributed by atoms with E-state index in [0.29, 0.717) is 5.92 Å². The molecule has 1 saturated carbocycles. The van der Waals surface area contributed by atoms with E-state index in [2.05, 4.69) is 9.47 Å². The van der Waals surface area contributed by atoms with Gasteiger partial charge in [0.1, 0.15) is 11.3 Å². The molecule has 1 fully saturated rings. The molecule has 1 aromatic carbocycles. The van der Waals surface area contributed by atoms with Gasteiger partial charge in [0.25, 0.3) is 0 Å². The number of methoxy groups -OCH3 is 1. The number of rotatable bonds is 4. The Labute approximate surface area is 110 Å². The highest BCUT2D eigenvalue weighted by molar-refractivity contribution is 5.92. The van der Waals surface area contributed by atoms with Crippen LogP contribution in [0.4, 0.5) is 8.78 Å². The van der Waals surface area contributed by atoms with Crippen LogP contribution in [0.15, 0.2) is 18.2 Å². The number of ether oxygens (including phenoxy) is 2. The van der Waals surface area contributed by atoms with Crippen LogP contribution in [0.1, 0.15) is 47.5 Å². The summed E-state index contributed by atoms with van der Waals surface area (Å²) < 4.78 is 33.8. The molecule has 19 heavy (non-hydrogen) atoms. The topological polar surface area (TPSA) is 35.5 Å². The van der Waals surface area contributed by atoms with Gasteiger partial charge < -0.3 is 9.47 Å². The number of esters is 1. The molecule has 3 nitrogen and oxygen atoms in total. The lowest BCUT2D eigenvalue weighted by atomic mass is 9.96. The van der Waals surface area contributed by atoms with Crippen LogP contribution in [-0.4, -0.2) is 19.7 Å². The predicted molar refractivity (Wildman–Crippen MR) is 65.6 cm³/mol. The highest BCUT2D eigenvalue weighted by Gasteiger charge is 2.22. The van der Waals surface area contributed by atoms with Crippen molar-refractivity contribution in [2.24, 2.45) is 0 Å². The van der Waals surface area contributed by atoms with Crippen molar-refractivity contribution < 1.29 is 23.0 Å². The van der Waals surface area contributed by atoms with Gasteiger partial charge in [-0.05, 0) is 36.5 Å². The molecule has 2 rings (SSSR count). The Kier molecular flexibility index (Phi) is 4.35. The molecule has 0 saturated heterocycles. The summed E-state index contributed by atoms with van der Waals surface area (Å²) in [5.41, 5.74) is 0.977. The third-order valence-corrected chi connectivity index (χ3v) is 3.45. The minimum Gasteiger partial charge on any atom is -0.465 e. The average Bonchev–Trinajstić information content (AvgIpc) is 2.91. The van der Waals surface area contributed by atoms with Crippen LogP contribution in [0.2, 0.25) is 0 Å². The molecule has 1 aliphatic carbocycles. The van der Waals surface area contributed by atoms with E-state index in [1.165, 1.54) is 19.2 Å². The van der Waals surface area contributed by atoms with Crippen molar-refractivity contribution in [2.75, 3.05) is 7.11 Å². The van der Waals surface area contributed by atoms with Gasteiger partial charge >= 0.3 is 12.6 Å². The van der Waals surface area contributed by atoms with Crippen LogP contribution in [0.5, 0.6) is 5.75 Å². The Morgan fingerprint density at radius 2 is 2.00 bits per heavy atom. The minimum atomic E-state index is -2.96. The first kappa shape index (κ1) is 13.8. The normalized spacial score (nSPS) is 15.8. The fourth-order valence-corrected chi connectivity index (χ4v) is 2.52. The summed E-state index contributed by atoms with van der Waals surface area (Å²) in [5, 5.41) is 0. The van der Waals surface area contributed by atoms with E-state index in [1.807, 2.05) is 0 Å². The molecule has 0 aliphatic heterocycles. The van der Waals surface area contributed by atoms with Crippen molar-refractivity contribution in [2.45, 2.75) is 38.2 Å². The zero-order valence-electron chi connectivity index (χ0n) is 10.7. The zero-order chi connectivity index (χ0) is 13.8. The van der Waals surface area contributed by atoms with Crippen LogP contribution in [0, 0.1) is 0 Å². The number of halogens is 2. The largest absolute Gasteiger partial charge is 0.465 e. The van der Waals surface area contributed by atoms with Gasteiger partial charge in [-0.25, -0.2) is 4.79 Å². The van der Waals surface area contributed by atoms with E-state index in [-0.39, 0.29) is 11.3 Å². The second-order valence-corrected chi connectivity index (χ2v) is 4.61. The summed E-state index contributed by atoms with van der Waals surface area (Å²) in [6, 6.07) is 4.83. The van der Waals surface area contributed by atoms with Gasteiger partial charge in [-0.1, -0.05) is 18.9 Å². The Morgan fingerprint density at radius 1 is 1.32 bits per heavy atom. The predicted octanol–water partition coefficient (Wildman–Crippen LogP) is 3.73. The van der Waals surface area contributed by atoms with Crippen LogP contribution in [-0.2, 0) is 4.74 Å². The van der Waals surface area contributed by atoms with Crippen LogP contribution >= 0.6 is 0 Å². The monoisotopic (exact) mass is 270 g/mol. The van der Waals surface area contributed by atoms with Crippen molar-refractivity contribution in [1.29, 1.82) is 0 Å². The van der Waals surface area contributed by atoms with Gasteiger partial charge in [-0.15, -0.1) is 0 Å². The first-order valence-electron chi connectivity index (χ1n) is 6.29. The molecule has 0 bridgehead atoms. The lowest BCUT2D eigenvalue weighted by Gasteiger charge is -2.14. The molecule has 5 heteroatoms. The Bertz CT molecular complexity index is 454. The molecule has 0 N–H and O–H groups in total. The maximum atomic E-state index is 12.4. The third-order valence-electron chi connectivity index (χ3n) is 3.45. The first-order valence-corrected chi connectivity index (χ1v) is 6.29. The Hall–Kier alpha value is -1.65. The third kappa shape index (κ3) is 3.22. The van der Waals surface area contributed by atoms with E-state index in [4.69, 9.17) is 0 Å². The van der Waals surface area contributed by atoms with Gasteiger partial charge in [0.05, 0.1) is 7.11 Å². The van der Waals surface area contributed by atoms with E-state index in [1.54, 1.807) is 6.07 Å². The molecular weight excluding hydrogens is 254 g/mol. The highest BCUT2D eigenvalue weighted by atomic mass is 19.3. The number of hydrogen-bond donors (Lipinski definition) is 0. The van der Waals surface area contributed by atoms with Crippen molar-refractivity contribution in [1.82, 2.24) is 0 Å². The number of benzene rings is 1. The van der Waals surface area contributed by atoms with Crippen molar-refractivity contribution >= 4 is 5.97 Å². The molecule has 104 valence electrons. The maximum absolute atomic E-state index is 12.4. The number of carbonyl (C=O) groups is 1. The van der Waals surface area contributed by atoms with E-state index in [0.717, 1.165) is 31.2 Å². The highest BCUT2D eigenvalue weighted by Crippen LogP contribution is 2.36. The van der Waals surface area contributed by atoms with E-state index < -0.39 is 12.6 Å². The number of hydrogen-bond acceptors (Lipinski definition) is 3. The van der Waals surface area contributed by atoms with Gasteiger partial charge in [0.15, 0.2) is 0 Å². The summed E-state index contributed by atoms with van der Waals surface area (Å²) in [5.74, 6) is -0.411. The van der Waals surface area contributed by atoms with E-state index >= 15 is 0 Å². The SMILES string of the molecule is COC(=O)c1ccc(C2CCCC2)cc1OC(F)F. The first-order chi connectivity index (χ1) is 9.11. The quantitative estimate of drug-likeness (QED) is 0.782. The Balaban J connectivity index is 2.31. The van der Waals surface area contributed by atoms with Crippen LogP contribution < -0.4 is 4.74 Å². The van der Waals surface area contributed by atoms with Crippen LogP contribution in [0.25, 0.3) is 0 Å². The summed E-state index contributed by atoms with van der Waals surface area (Å²) in [4.78, 5) is 11.5. The van der Waals surface area contributed by atoms with Crippen molar-refractivity contribution in [3.8, 4) is 5.75 Å². The van der Waals surface area contributed by atoms with Crippen molar-refractivity contribution in [3.63, 3.8) is 0 Å². The summed E-state index contributed by atoms with van der Waals surface area (Å²) >= 11 is 0. The second-order valence-electron chi connectivity index (χ2n) is 4.61. The molecule has 1 aromatic rings. The number of carbonyl (C=O) groups excluding carboxylic acids is 1. The fourth-order valence-electron chi connectivity index (χ4n) is 2.52. The minimum absolute atomic E-state index is 0.0320. The number of alkyl halides is 2. The lowest BCUT2D eigenvalue weighted by Crippen LogP contribution is -2.10. The van der Waals surface area contributed by atoms with Gasteiger partial charge in [-0.2, -0.15) is 8.78 Å². The van der Waals surface area contributed by atoms with Gasteiger partial charge in [0.2, 0.25) is 0 Å². The molecule has 1 aliphatic rings. The van der Waals surface area contributed by atoms with Gasteiger partial charge in [0, 0.05) is 0 Å². The van der Waals surface area contributed by atoms with Gasteiger partial charge in [-0.3, -0.25) is 0 Å². The molecule has 0 heterocycles. The molecule has 0 amide bonds. The summed E-state index contributed by atoms with van der Waals surface area (Å²) in [6.45, 7) is -2.96. The second kappa shape index (κ2) is 5.99. The van der Waals surface area contributed by atoms with E-state index in [9.17, 15) is 13.6 Å². The molecular formula is C14H16F2O3. The molecule has 0 spiro atoms. The smallest absolute Gasteiger partial charge is 0.387 e. The average molecular weight is 270 g/mol. The Morgan fingerprint density at radius 3 is 2.58 bits per heavy atom. The summed E-state index contributed by atoms with van der Waals surface area (Å²) in [6.07, 6.45) is 4.39. The lowest BCUT2D eigenvalue weighted by molar-refractivity contribution is -0.0504.